The fourth-order valence-electron chi connectivity index (χ4n) is 4.43. The van der Waals surface area contributed by atoms with E-state index >= 15 is 0 Å². The smallest absolute Gasteiger partial charge is 0.326 e. The Balaban J connectivity index is 1.83. The number of thiophene rings is 1. The van der Waals surface area contributed by atoms with Gasteiger partial charge >= 0.3 is 5.97 Å². The molecule has 1 amide bonds. The third-order valence-corrected chi connectivity index (χ3v) is 9.33. The largest absolute Gasteiger partial charge is 0.468 e. The van der Waals surface area contributed by atoms with Crippen LogP contribution in [0.1, 0.15) is 48.3 Å². The van der Waals surface area contributed by atoms with E-state index in [9.17, 15) is 33.3 Å². The number of methoxy groups -OCH3 is 1. The normalized spacial score (nSPS) is 22.8. The maximum Gasteiger partial charge on any atom is 0.326 e. The lowest BCUT2D eigenvalue weighted by atomic mass is 9.89. The van der Waals surface area contributed by atoms with E-state index < -0.39 is 46.8 Å². The summed E-state index contributed by atoms with van der Waals surface area (Å²) in [6.07, 6.45) is 8.78. The molecule has 1 aromatic heterocycles. The molecule has 0 aromatic carbocycles. The van der Waals surface area contributed by atoms with Gasteiger partial charge in [-0.25, -0.2) is 12.7 Å². The van der Waals surface area contributed by atoms with E-state index in [1.807, 2.05) is 25.1 Å². The van der Waals surface area contributed by atoms with Crippen LogP contribution in [0.25, 0.3) is 0 Å². The van der Waals surface area contributed by atoms with Crippen molar-refractivity contribution in [3.63, 3.8) is 0 Å². The number of nitrogens with zero attached hydrogens (tertiary/aromatic N) is 1. The lowest BCUT2D eigenvalue weighted by molar-refractivity contribution is -0.144. The highest BCUT2D eigenvalue weighted by atomic mass is 35.5. The number of rotatable bonds is 14. The summed E-state index contributed by atoms with van der Waals surface area (Å²) < 4.78 is 28.6. The molecule has 5 atom stereocenters. The number of hydrogen-bond acceptors (Lipinski definition) is 9. The van der Waals surface area contributed by atoms with Crippen molar-refractivity contribution in [3.8, 4) is 0 Å². The van der Waals surface area contributed by atoms with Crippen LogP contribution in [0.4, 0.5) is 0 Å². The van der Waals surface area contributed by atoms with E-state index in [1.54, 1.807) is 23.5 Å². The van der Waals surface area contributed by atoms with Gasteiger partial charge in [0.1, 0.15) is 6.54 Å². The molecule has 1 aromatic rings. The van der Waals surface area contributed by atoms with Gasteiger partial charge in [0.2, 0.25) is 15.9 Å². The Kier molecular flexibility index (Phi) is 12.9. The van der Waals surface area contributed by atoms with Crippen molar-refractivity contribution in [1.82, 2.24) is 4.31 Å². The van der Waals surface area contributed by atoms with Crippen molar-refractivity contribution < 1.29 is 38.1 Å². The summed E-state index contributed by atoms with van der Waals surface area (Å²) in [6, 6.07) is 1.91. The summed E-state index contributed by atoms with van der Waals surface area (Å²) in [5.74, 6) is -2.02. The molecule has 1 saturated carbocycles. The molecule has 0 spiro atoms. The Morgan fingerprint density at radius 1 is 1.29 bits per heavy atom. The van der Waals surface area contributed by atoms with Crippen molar-refractivity contribution >= 4 is 44.8 Å². The third kappa shape index (κ3) is 10.1. The van der Waals surface area contributed by atoms with Crippen molar-refractivity contribution in [3.05, 3.63) is 45.1 Å². The van der Waals surface area contributed by atoms with E-state index in [4.69, 9.17) is 11.6 Å². The number of ether oxygens (including phenoxy) is 1. The van der Waals surface area contributed by atoms with E-state index in [0.29, 0.717) is 36.4 Å². The van der Waals surface area contributed by atoms with E-state index in [2.05, 4.69) is 4.74 Å². The van der Waals surface area contributed by atoms with Gasteiger partial charge in [-0.2, -0.15) is 0 Å². The number of aliphatic hydroxyl groups is 3. The van der Waals surface area contributed by atoms with Gasteiger partial charge in [-0.1, -0.05) is 35.9 Å². The molecular weight excluding hydrogens is 554 g/mol. The van der Waals surface area contributed by atoms with E-state index in [1.165, 1.54) is 0 Å². The fraction of sp³-hybridized carbons (Fsp3) is 0.615. The minimum Gasteiger partial charge on any atom is -0.468 e. The Labute approximate surface area is 233 Å². The predicted molar refractivity (Wildman–Crippen MR) is 147 cm³/mol. The number of aliphatic hydroxyl groups excluding tert-OH is 3. The maximum atomic E-state index is 12.3. The number of aryl methyl sites for hydroxylation is 2. The number of carbonyl (C=O) groups excluding carboxylic acids is 2. The molecule has 3 N–H and O–H groups in total. The molecule has 1 aliphatic carbocycles. The number of sulfonamides is 1. The standard InChI is InChI=1S/C26H38ClNO8S2/c1-17-22(27)14-19(37-17)12-10-18(29)11-13-21-20(23(30)15-24(21)31)8-6-4-5-7-9-25(32)28(38(3,34)35)16-26(33)36-2/h4,6,11,13-14,18,20-21,23-24,29-31H,5,7-10,12,15-16H2,1-3H3/b6-4+,13-11+/t18-,20+,21+,23-,24+/m0/s1. The first-order valence-electron chi connectivity index (χ1n) is 12.5. The second-order valence-electron chi connectivity index (χ2n) is 9.56. The van der Waals surface area contributed by atoms with Gasteiger partial charge in [0.25, 0.3) is 0 Å². The molecule has 0 aliphatic heterocycles. The summed E-state index contributed by atoms with van der Waals surface area (Å²) in [5.41, 5.74) is 0. The Bertz CT molecular complexity index is 1080. The van der Waals surface area contributed by atoms with Gasteiger partial charge in [0.05, 0.1) is 36.7 Å². The molecule has 12 heteroatoms. The van der Waals surface area contributed by atoms with Crippen LogP contribution in [0.2, 0.25) is 5.02 Å². The number of carbonyl (C=O) groups is 2. The molecule has 0 radical (unpaired) electrons. The van der Waals surface area contributed by atoms with Gasteiger partial charge in [-0.15, -0.1) is 11.3 Å². The number of hydrogen-bond donors (Lipinski definition) is 3. The summed E-state index contributed by atoms with van der Waals surface area (Å²) in [7, 11) is -2.78. The maximum absolute atomic E-state index is 12.3. The Morgan fingerprint density at radius 3 is 2.61 bits per heavy atom. The van der Waals surface area contributed by atoms with Gasteiger partial charge in [0, 0.05) is 28.5 Å². The number of halogens is 1. The van der Waals surface area contributed by atoms with E-state index in [0.717, 1.165) is 28.1 Å². The van der Waals surface area contributed by atoms with Gasteiger partial charge < -0.3 is 20.1 Å². The monoisotopic (exact) mass is 591 g/mol. The number of unbranched alkanes of at least 4 members (excludes halogenated alkanes) is 1. The molecule has 0 bridgehead atoms. The first-order valence-corrected chi connectivity index (χ1v) is 15.6. The average molecular weight is 592 g/mol. The Morgan fingerprint density at radius 2 is 2.00 bits per heavy atom. The van der Waals surface area contributed by atoms with Crippen LogP contribution in [0, 0.1) is 18.8 Å². The molecule has 1 aliphatic rings. The Hall–Kier alpha value is -1.76. The van der Waals surface area contributed by atoms with Crippen LogP contribution in [-0.4, -0.2) is 78.1 Å². The van der Waals surface area contributed by atoms with Crippen LogP contribution < -0.4 is 0 Å². The summed E-state index contributed by atoms with van der Waals surface area (Å²) in [6.45, 7) is 1.30. The van der Waals surface area contributed by atoms with Crippen molar-refractivity contribution in [2.75, 3.05) is 19.9 Å². The molecule has 0 unspecified atom stereocenters. The zero-order valence-electron chi connectivity index (χ0n) is 22.0. The zero-order chi connectivity index (χ0) is 28.5. The van der Waals surface area contributed by atoms with Crippen LogP contribution >= 0.6 is 22.9 Å². The van der Waals surface area contributed by atoms with Gasteiger partial charge in [-0.3, -0.25) is 9.59 Å². The molecular formula is C26H38ClNO8S2. The van der Waals surface area contributed by atoms with Crippen LogP contribution in [0.5, 0.6) is 0 Å². The van der Waals surface area contributed by atoms with Crippen LogP contribution in [-0.2, 0) is 30.8 Å². The zero-order valence-corrected chi connectivity index (χ0v) is 24.3. The average Bonchev–Trinajstić information content (AvgIpc) is 3.31. The van der Waals surface area contributed by atoms with Crippen LogP contribution in [0.3, 0.4) is 0 Å². The lowest BCUT2D eigenvalue weighted by Crippen LogP contribution is -2.40. The number of allylic oxidation sites excluding steroid dienone is 2. The molecule has 38 heavy (non-hydrogen) atoms. The second-order valence-corrected chi connectivity index (χ2v) is 13.2. The molecule has 9 nitrogen and oxygen atoms in total. The number of esters is 1. The fourth-order valence-corrected chi connectivity index (χ4v) is 6.49. The quantitative estimate of drug-likeness (QED) is 0.170. The minimum atomic E-state index is -3.89. The highest BCUT2D eigenvalue weighted by Gasteiger charge is 2.39. The SMILES string of the molecule is COC(=O)CN(C(=O)CCC/C=C/C[C@@H]1[C@@H](/C=C/[C@@H](O)CCc2cc(Cl)c(C)s2)[C@H](O)C[C@@H]1O)S(C)(=O)=O. The first kappa shape index (κ1) is 32.5. The van der Waals surface area contributed by atoms with Gasteiger partial charge in [-0.05, 0) is 51.0 Å². The molecule has 2 rings (SSSR count). The van der Waals surface area contributed by atoms with Gasteiger partial charge in [0.15, 0.2) is 0 Å². The summed E-state index contributed by atoms with van der Waals surface area (Å²) in [4.78, 5) is 25.9. The highest BCUT2D eigenvalue weighted by Crippen LogP contribution is 2.36. The minimum absolute atomic E-state index is 0.0559. The van der Waals surface area contributed by atoms with Crippen molar-refractivity contribution in [1.29, 1.82) is 0 Å². The first-order chi connectivity index (χ1) is 17.8. The predicted octanol–water partition coefficient (Wildman–Crippen LogP) is 3.00. The van der Waals surface area contributed by atoms with Crippen molar-refractivity contribution in [2.24, 2.45) is 11.8 Å². The highest BCUT2D eigenvalue weighted by molar-refractivity contribution is 7.88. The summed E-state index contributed by atoms with van der Waals surface area (Å²) >= 11 is 7.70. The van der Waals surface area contributed by atoms with E-state index in [-0.39, 0.29) is 24.7 Å². The number of amides is 1. The molecule has 0 saturated heterocycles. The van der Waals surface area contributed by atoms with Crippen molar-refractivity contribution in [2.45, 2.75) is 70.2 Å². The summed E-state index contributed by atoms with van der Waals surface area (Å²) in [5, 5.41) is 32.0. The lowest BCUT2D eigenvalue weighted by Gasteiger charge is -2.20. The molecule has 214 valence electrons. The topological polar surface area (TPSA) is 141 Å². The second kappa shape index (κ2) is 15.1. The third-order valence-electron chi connectivity index (χ3n) is 6.58. The van der Waals surface area contributed by atoms with Crippen LogP contribution in [0.15, 0.2) is 30.4 Å². The molecule has 1 heterocycles. The molecule has 1 fully saturated rings.